The largest absolute Gasteiger partial charge is 0.496 e. The molecular formula is C21H22ClNO5. The van der Waals surface area contributed by atoms with Crippen LogP contribution in [0.2, 0.25) is 5.02 Å². The van der Waals surface area contributed by atoms with Gasteiger partial charge in [0.2, 0.25) is 0 Å². The average molecular weight is 404 g/mol. The zero-order valence-corrected chi connectivity index (χ0v) is 16.7. The van der Waals surface area contributed by atoms with Gasteiger partial charge in [-0.25, -0.2) is 0 Å². The second-order valence-electron chi connectivity index (χ2n) is 6.46. The van der Waals surface area contributed by atoms with E-state index >= 15 is 0 Å². The summed E-state index contributed by atoms with van der Waals surface area (Å²) >= 11 is 5.89. The van der Waals surface area contributed by atoms with Gasteiger partial charge in [-0.1, -0.05) is 49.7 Å². The van der Waals surface area contributed by atoms with Gasteiger partial charge >= 0.3 is 5.97 Å². The molecule has 1 atom stereocenters. The first-order chi connectivity index (χ1) is 13.3. The molecular weight excluding hydrogens is 382 g/mol. The highest BCUT2D eigenvalue weighted by Gasteiger charge is 2.26. The maximum atomic E-state index is 12.5. The van der Waals surface area contributed by atoms with Gasteiger partial charge in [0, 0.05) is 5.02 Å². The molecule has 148 valence electrons. The van der Waals surface area contributed by atoms with Crippen molar-refractivity contribution in [1.82, 2.24) is 5.32 Å². The third-order valence-electron chi connectivity index (χ3n) is 4.10. The highest BCUT2D eigenvalue weighted by Crippen LogP contribution is 2.27. The molecule has 0 fully saturated rings. The molecule has 0 heterocycles. The van der Waals surface area contributed by atoms with Crippen LogP contribution < -0.4 is 10.1 Å². The van der Waals surface area contributed by atoms with Gasteiger partial charge < -0.3 is 9.47 Å². The van der Waals surface area contributed by atoms with Crippen molar-refractivity contribution in [3.63, 3.8) is 0 Å². The number of para-hydroxylation sites is 1. The third kappa shape index (κ3) is 5.57. The fourth-order valence-corrected chi connectivity index (χ4v) is 2.88. The number of methoxy groups -OCH3 is 1. The Hall–Kier alpha value is -2.86. The average Bonchev–Trinajstić information content (AvgIpc) is 2.67. The van der Waals surface area contributed by atoms with Crippen LogP contribution in [-0.2, 0) is 14.3 Å². The summed E-state index contributed by atoms with van der Waals surface area (Å²) in [6, 6.07) is 13.4. The molecule has 0 aliphatic rings. The van der Waals surface area contributed by atoms with Gasteiger partial charge in [-0.3, -0.25) is 19.7 Å². The van der Waals surface area contributed by atoms with E-state index in [2.05, 4.69) is 5.32 Å². The standard InChI is InChI=1S/C21H22ClNO5/c1-13(2)19(14-8-10-15(22)11-9-14)21(26)28-12-18(24)23-20(25)16-6-4-5-7-17(16)27-3/h4-11,13,19H,12H2,1-3H3,(H,23,24,25)/t19-/m0/s1. The van der Waals surface area contributed by atoms with E-state index in [-0.39, 0.29) is 11.5 Å². The number of rotatable bonds is 7. The molecule has 0 bridgehead atoms. The van der Waals surface area contributed by atoms with Gasteiger partial charge in [0.05, 0.1) is 18.6 Å². The predicted molar refractivity (Wildman–Crippen MR) is 105 cm³/mol. The van der Waals surface area contributed by atoms with Crippen molar-refractivity contribution in [2.75, 3.05) is 13.7 Å². The molecule has 0 saturated heterocycles. The molecule has 2 rings (SSSR count). The Labute approximate surface area is 168 Å². The lowest BCUT2D eigenvalue weighted by atomic mass is 9.88. The van der Waals surface area contributed by atoms with E-state index in [1.165, 1.54) is 13.2 Å². The van der Waals surface area contributed by atoms with Crippen LogP contribution in [0.1, 0.15) is 35.7 Å². The van der Waals surface area contributed by atoms with Crippen molar-refractivity contribution in [2.45, 2.75) is 19.8 Å². The molecule has 2 aromatic carbocycles. The summed E-state index contributed by atoms with van der Waals surface area (Å²) in [5, 5.41) is 2.75. The molecule has 7 heteroatoms. The Kier molecular flexibility index (Phi) is 7.58. The first-order valence-corrected chi connectivity index (χ1v) is 9.10. The second-order valence-corrected chi connectivity index (χ2v) is 6.89. The number of hydrogen-bond acceptors (Lipinski definition) is 5. The molecule has 0 aromatic heterocycles. The normalized spacial score (nSPS) is 11.6. The smallest absolute Gasteiger partial charge is 0.314 e. The fraction of sp³-hybridized carbons (Fsp3) is 0.286. The summed E-state index contributed by atoms with van der Waals surface area (Å²) in [7, 11) is 1.43. The van der Waals surface area contributed by atoms with Crippen molar-refractivity contribution in [1.29, 1.82) is 0 Å². The molecule has 0 spiro atoms. The molecule has 0 unspecified atom stereocenters. The first kappa shape index (κ1) is 21.4. The lowest BCUT2D eigenvalue weighted by molar-refractivity contribution is -0.150. The molecule has 6 nitrogen and oxygen atoms in total. The fourth-order valence-electron chi connectivity index (χ4n) is 2.75. The van der Waals surface area contributed by atoms with E-state index in [1.807, 2.05) is 13.8 Å². The van der Waals surface area contributed by atoms with E-state index in [0.29, 0.717) is 10.8 Å². The summed E-state index contributed by atoms with van der Waals surface area (Å²) in [5.74, 6) is -2.15. The minimum absolute atomic E-state index is 0.0491. The molecule has 2 amide bonds. The summed E-state index contributed by atoms with van der Waals surface area (Å²) < 4.78 is 10.2. The predicted octanol–water partition coefficient (Wildman–Crippen LogP) is 3.59. The summed E-state index contributed by atoms with van der Waals surface area (Å²) in [6.07, 6.45) is 0. The number of halogens is 1. The van der Waals surface area contributed by atoms with Gasteiger partial charge in [-0.2, -0.15) is 0 Å². The van der Waals surface area contributed by atoms with Gasteiger partial charge in [0.1, 0.15) is 5.75 Å². The SMILES string of the molecule is COc1ccccc1C(=O)NC(=O)COC(=O)[C@H](c1ccc(Cl)cc1)C(C)C. The highest BCUT2D eigenvalue weighted by molar-refractivity contribution is 6.30. The van der Waals surface area contributed by atoms with E-state index < -0.39 is 30.3 Å². The van der Waals surface area contributed by atoms with Crippen LogP contribution in [0.5, 0.6) is 5.75 Å². The number of nitrogens with one attached hydrogen (secondary N) is 1. The van der Waals surface area contributed by atoms with Crippen LogP contribution in [0.4, 0.5) is 0 Å². The van der Waals surface area contributed by atoms with Crippen LogP contribution in [-0.4, -0.2) is 31.5 Å². The highest BCUT2D eigenvalue weighted by atomic mass is 35.5. The molecule has 0 aliphatic heterocycles. The topological polar surface area (TPSA) is 81.7 Å². The number of amides is 2. The van der Waals surface area contributed by atoms with Gasteiger partial charge in [0.15, 0.2) is 6.61 Å². The number of carbonyl (C=O) groups is 3. The maximum absolute atomic E-state index is 12.5. The van der Waals surface area contributed by atoms with Crippen LogP contribution in [0.25, 0.3) is 0 Å². The Balaban J connectivity index is 1.97. The van der Waals surface area contributed by atoms with Crippen LogP contribution in [0.15, 0.2) is 48.5 Å². The number of esters is 1. The molecule has 0 saturated carbocycles. The number of ether oxygens (including phenoxy) is 2. The van der Waals surface area contributed by atoms with Crippen molar-refractivity contribution in [3.05, 3.63) is 64.7 Å². The van der Waals surface area contributed by atoms with Gasteiger partial charge in [-0.05, 0) is 35.7 Å². The van der Waals surface area contributed by atoms with Crippen LogP contribution in [0.3, 0.4) is 0 Å². The second kappa shape index (κ2) is 9.90. The molecule has 0 radical (unpaired) electrons. The van der Waals surface area contributed by atoms with Gasteiger partial charge in [0.25, 0.3) is 11.8 Å². The van der Waals surface area contributed by atoms with E-state index in [1.54, 1.807) is 42.5 Å². The quantitative estimate of drug-likeness (QED) is 0.714. The summed E-state index contributed by atoms with van der Waals surface area (Å²) in [6.45, 7) is 3.20. The minimum atomic E-state index is -0.720. The number of carbonyl (C=O) groups excluding carboxylic acids is 3. The number of benzene rings is 2. The summed E-state index contributed by atoms with van der Waals surface area (Å²) in [4.78, 5) is 36.7. The number of hydrogen-bond donors (Lipinski definition) is 1. The van der Waals surface area contributed by atoms with E-state index in [9.17, 15) is 14.4 Å². The van der Waals surface area contributed by atoms with Crippen molar-refractivity contribution in [2.24, 2.45) is 5.92 Å². The third-order valence-corrected chi connectivity index (χ3v) is 4.35. The lowest BCUT2D eigenvalue weighted by Crippen LogP contribution is -2.35. The zero-order chi connectivity index (χ0) is 20.7. The lowest BCUT2D eigenvalue weighted by Gasteiger charge is -2.19. The monoisotopic (exact) mass is 403 g/mol. The van der Waals surface area contributed by atoms with Crippen molar-refractivity contribution < 1.29 is 23.9 Å². The summed E-state index contributed by atoms with van der Waals surface area (Å²) in [5.41, 5.74) is 0.959. The molecule has 0 aliphatic carbocycles. The molecule has 2 aromatic rings. The van der Waals surface area contributed by atoms with Gasteiger partial charge in [-0.15, -0.1) is 0 Å². The van der Waals surface area contributed by atoms with E-state index in [0.717, 1.165) is 5.56 Å². The Morgan fingerprint density at radius 1 is 1.04 bits per heavy atom. The van der Waals surface area contributed by atoms with E-state index in [4.69, 9.17) is 21.1 Å². The first-order valence-electron chi connectivity index (χ1n) is 8.72. The Morgan fingerprint density at radius 2 is 1.68 bits per heavy atom. The zero-order valence-electron chi connectivity index (χ0n) is 15.9. The van der Waals surface area contributed by atoms with Crippen molar-refractivity contribution >= 4 is 29.4 Å². The van der Waals surface area contributed by atoms with Crippen LogP contribution in [0, 0.1) is 5.92 Å². The number of imide groups is 1. The Morgan fingerprint density at radius 3 is 2.29 bits per heavy atom. The van der Waals surface area contributed by atoms with Crippen LogP contribution >= 0.6 is 11.6 Å². The molecule has 28 heavy (non-hydrogen) atoms. The minimum Gasteiger partial charge on any atom is -0.496 e. The molecule has 1 N–H and O–H groups in total. The van der Waals surface area contributed by atoms with Crippen molar-refractivity contribution in [3.8, 4) is 5.75 Å². The maximum Gasteiger partial charge on any atom is 0.314 e. The Bertz CT molecular complexity index is 848.